The maximum Gasteiger partial charge on any atom is 0.252 e. The third-order valence-corrected chi connectivity index (χ3v) is 5.02. The van der Waals surface area contributed by atoms with Gasteiger partial charge in [0, 0.05) is 19.9 Å². The maximum absolute atomic E-state index is 13.0. The monoisotopic (exact) mass is 391 g/mol. The molecule has 0 bridgehead atoms. The normalized spacial score (nSPS) is 21.3. The number of aromatic nitrogens is 2. The van der Waals surface area contributed by atoms with Crippen molar-refractivity contribution >= 4 is 17.5 Å². The summed E-state index contributed by atoms with van der Waals surface area (Å²) in [5, 5.41) is 4.90. The highest BCUT2D eigenvalue weighted by Crippen LogP contribution is 2.31. The summed E-state index contributed by atoms with van der Waals surface area (Å²) in [4.78, 5) is 14.7. The van der Waals surface area contributed by atoms with Crippen LogP contribution in [0.1, 0.15) is 18.5 Å². The van der Waals surface area contributed by atoms with Gasteiger partial charge in [-0.25, -0.2) is 0 Å². The molecule has 1 saturated heterocycles. The third-order valence-electron chi connectivity index (χ3n) is 4.70. The Morgan fingerprint density at radius 2 is 2.19 bits per heavy atom. The number of carbonyl (C=O) groups excluding carboxylic acids is 1. The summed E-state index contributed by atoms with van der Waals surface area (Å²) in [5.74, 6) is 1.35. The highest BCUT2D eigenvalue weighted by molar-refractivity contribution is 6.31. The van der Waals surface area contributed by atoms with Gasteiger partial charge in [-0.2, -0.15) is 5.10 Å². The Hall–Kier alpha value is -2.25. The van der Waals surface area contributed by atoms with Gasteiger partial charge in [-0.05, 0) is 25.0 Å². The van der Waals surface area contributed by atoms with Crippen LogP contribution in [0.5, 0.6) is 11.5 Å². The summed E-state index contributed by atoms with van der Waals surface area (Å²) in [6, 6.07) is 7.53. The predicted molar refractivity (Wildman–Crippen MR) is 99.0 cm³/mol. The SMILES string of the molecule is Cn1cc(Cl)c(CN(C[C@H]2COc3ccccc3O2)C(=O)[C@H]2CCCO2)n1. The van der Waals surface area contributed by atoms with Crippen molar-refractivity contribution in [1.82, 2.24) is 14.7 Å². The molecule has 0 spiro atoms. The Morgan fingerprint density at radius 1 is 1.37 bits per heavy atom. The van der Waals surface area contributed by atoms with Crippen molar-refractivity contribution in [3.8, 4) is 11.5 Å². The number of hydrogen-bond donors (Lipinski definition) is 0. The number of halogens is 1. The molecule has 4 rings (SSSR count). The minimum absolute atomic E-state index is 0.0586. The van der Waals surface area contributed by atoms with Crippen molar-refractivity contribution in [2.45, 2.75) is 31.6 Å². The van der Waals surface area contributed by atoms with Gasteiger partial charge in [0.15, 0.2) is 17.6 Å². The van der Waals surface area contributed by atoms with Gasteiger partial charge in [0.05, 0.1) is 18.1 Å². The van der Waals surface area contributed by atoms with Gasteiger partial charge >= 0.3 is 0 Å². The Bertz CT molecular complexity index is 819. The standard InChI is InChI=1S/C19H22ClN3O4/c1-22-10-14(20)15(21-22)11-23(19(24)18-7-4-8-25-18)9-13-12-26-16-5-2-3-6-17(16)27-13/h2-3,5-6,10,13,18H,4,7-9,11-12H2,1H3/t13-,18+/m0/s1. The number of carbonyl (C=O) groups is 1. The van der Waals surface area contributed by atoms with Gasteiger partial charge in [0.2, 0.25) is 0 Å². The molecule has 3 heterocycles. The van der Waals surface area contributed by atoms with Crippen molar-refractivity contribution in [3.63, 3.8) is 0 Å². The zero-order chi connectivity index (χ0) is 18.8. The Kier molecular flexibility index (Phi) is 5.22. The molecule has 1 amide bonds. The minimum Gasteiger partial charge on any atom is -0.486 e. The fourth-order valence-corrected chi connectivity index (χ4v) is 3.64. The van der Waals surface area contributed by atoms with Crippen molar-refractivity contribution in [2.75, 3.05) is 19.8 Å². The fourth-order valence-electron chi connectivity index (χ4n) is 3.40. The highest BCUT2D eigenvalue weighted by Gasteiger charge is 2.32. The lowest BCUT2D eigenvalue weighted by molar-refractivity contribution is -0.143. The predicted octanol–water partition coefficient (Wildman–Crippen LogP) is 2.42. The van der Waals surface area contributed by atoms with E-state index in [-0.39, 0.29) is 12.0 Å². The molecule has 7 nitrogen and oxygen atoms in total. The van der Waals surface area contributed by atoms with E-state index in [2.05, 4.69) is 5.10 Å². The Balaban J connectivity index is 1.51. The molecule has 8 heteroatoms. The topological polar surface area (TPSA) is 65.8 Å². The van der Waals surface area contributed by atoms with E-state index in [0.29, 0.717) is 42.8 Å². The van der Waals surface area contributed by atoms with E-state index in [1.807, 2.05) is 24.3 Å². The molecule has 2 aromatic rings. The molecule has 0 N–H and O–H groups in total. The van der Waals surface area contributed by atoms with Crippen LogP contribution < -0.4 is 9.47 Å². The maximum atomic E-state index is 13.0. The van der Waals surface area contributed by atoms with Crippen LogP contribution >= 0.6 is 11.6 Å². The van der Waals surface area contributed by atoms with E-state index in [4.69, 9.17) is 25.8 Å². The minimum atomic E-state index is -0.413. The summed E-state index contributed by atoms with van der Waals surface area (Å²) in [6.45, 7) is 1.67. The van der Waals surface area contributed by atoms with Gasteiger partial charge in [0.1, 0.15) is 18.4 Å². The number of amides is 1. The lowest BCUT2D eigenvalue weighted by Gasteiger charge is -2.32. The van der Waals surface area contributed by atoms with Crippen molar-refractivity contribution in [1.29, 1.82) is 0 Å². The molecule has 144 valence electrons. The first-order chi connectivity index (χ1) is 13.1. The molecule has 0 saturated carbocycles. The number of aryl methyl sites for hydroxylation is 1. The second kappa shape index (κ2) is 7.78. The summed E-state index contributed by atoms with van der Waals surface area (Å²) in [7, 11) is 1.80. The molecule has 1 aromatic heterocycles. The molecular formula is C19H22ClN3O4. The van der Waals surface area contributed by atoms with Gasteiger partial charge < -0.3 is 19.1 Å². The lowest BCUT2D eigenvalue weighted by atomic mass is 10.2. The summed E-state index contributed by atoms with van der Waals surface area (Å²) < 4.78 is 19.0. The number of benzene rings is 1. The quantitative estimate of drug-likeness (QED) is 0.783. The van der Waals surface area contributed by atoms with E-state index in [9.17, 15) is 4.79 Å². The van der Waals surface area contributed by atoms with E-state index in [1.165, 1.54) is 0 Å². The number of ether oxygens (including phenoxy) is 3. The molecular weight excluding hydrogens is 370 g/mol. The molecule has 2 aliphatic rings. The molecule has 2 aliphatic heterocycles. The number of para-hydroxylation sites is 2. The van der Waals surface area contributed by atoms with Crippen LogP contribution in [-0.4, -0.2) is 52.6 Å². The summed E-state index contributed by atoms with van der Waals surface area (Å²) in [6.07, 6.45) is 2.67. The van der Waals surface area contributed by atoms with Gasteiger partial charge in [-0.3, -0.25) is 9.48 Å². The van der Waals surface area contributed by atoms with Crippen LogP contribution in [0.15, 0.2) is 30.5 Å². The van der Waals surface area contributed by atoms with Gasteiger partial charge in [-0.15, -0.1) is 0 Å². The van der Waals surface area contributed by atoms with E-state index < -0.39 is 6.10 Å². The summed E-state index contributed by atoms with van der Waals surface area (Å²) in [5.41, 5.74) is 0.655. The third kappa shape index (κ3) is 4.04. The number of rotatable bonds is 5. The molecule has 1 aromatic carbocycles. The van der Waals surface area contributed by atoms with Crippen molar-refractivity contribution in [2.24, 2.45) is 7.05 Å². The van der Waals surface area contributed by atoms with Crippen LogP contribution in [0.25, 0.3) is 0 Å². The highest BCUT2D eigenvalue weighted by atomic mass is 35.5. The van der Waals surface area contributed by atoms with Crippen LogP contribution in [-0.2, 0) is 23.1 Å². The average Bonchev–Trinajstić information content (AvgIpc) is 3.30. The first kappa shape index (κ1) is 18.1. The molecule has 0 aliphatic carbocycles. The first-order valence-corrected chi connectivity index (χ1v) is 9.45. The van der Waals surface area contributed by atoms with E-state index in [1.54, 1.807) is 22.8 Å². The lowest BCUT2D eigenvalue weighted by Crippen LogP contribution is -2.46. The molecule has 2 atom stereocenters. The Morgan fingerprint density at radius 3 is 2.89 bits per heavy atom. The Labute approximate surface area is 162 Å². The molecule has 1 fully saturated rings. The van der Waals surface area contributed by atoms with Crippen molar-refractivity contribution in [3.05, 3.63) is 41.2 Å². The number of nitrogens with zero attached hydrogens (tertiary/aromatic N) is 3. The smallest absolute Gasteiger partial charge is 0.252 e. The average molecular weight is 392 g/mol. The van der Waals surface area contributed by atoms with Gasteiger partial charge in [0.25, 0.3) is 5.91 Å². The molecule has 0 radical (unpaired) electrons. The zero-order valence-electron chi connectivity index (χ0n) is 15.1. The van der Waals surface area contributed by atoms with Crippen LogP contribution in [0.3, 0.4) is 0 Å². The number of hydrogen-bond acceptors (Lipinski definition) is 5. The first-order valence-electron chi connectivity index (χ1n) is 9.07. The molecule has 27 heavy (non-hydrogen) atoms. The fraction of sp³-hybridized carbons (Fsp3) is 0.474. The van der Waals surface area contributed by atoms with Crippen LogP contribution in [0.4, 0.5) is 0 Å². The van der Waals surface area contributed by atoms with Crippen molar-refractivity contribution < 1.29 is 19.0 Å². The van der Waals surface area contributed by atoms with E-state index >= 15 is 0 Å². The van der Waals surface area contributed by atoms with E-state index in [0.717, 1.165) is 18.6 Å². The second-order valence-corrected chi connectivity index (χ2v) is 7.22. The van der Waals surface area contributed by atoms with Crippen LogP contribution in [0.2, 0.25) is 5.02 Å². The van der Waals surface area contributed by atoms with Crippen LogP contribution in [0, 0.1) is 0 Å². The number of fused-ring (bicyclic) bond motifs is 1. The largest absolute Gasteiger partial charge is 0.486 e. The summed E-state index contributed by atoms with van der Waals surface area (Å²) >= 11 is 6.25. The second-order valence-electron chi connectivity index (χ2n) is 6.82. The molecule has 0 unspecified atom stereocenters. The zero-order valence-corrected chi connectivity index (χ0v) is 15.9. The van der Waals surface area contributed by atoms with Gasteiger partial charge in [-0.1, -0.05) is 23.7 Å².